The normalized spacial score (nSPS) is 17.3. The summed E-state index contributed by atoms with van der Waals surface area (Å²) in [6.07, 6.45) is 2.04. The van der Waals surface area contributed by atoms with Gasteiger partial charge in [-0.1, -0.05) is 54.6 Å². The Bertz CT molecular complexity index is 840. The lowest BCUT2D eigenvalue weighted by Gasteiger charge is -2.36. The maximum Gasteiger partial charge on any atom is 0.146 e. The van der Waals surface area contributed by atoms with E-state index in [2.05, 4.69) is 53.4 Å². The molecule has 0 spiro atoms. The smallest absolute Gasteiger partial charge is 0.146 e. The fraction of sp³-hybridized carbons (Fsp3) is 0.150. The summed E-state index contributed by atoms with van der Waals surface area (Å²) in [6.45, 7) is 0.874. The number of benzene rings is 3. The van der Waals surface area contributed by atoms with Gasteiger partial charge in [0.25, 0.3) is 0 Å². The van der Waals surface area contributed by atoms with Crippen LogP contribution in [-0.4, -0.2) is 12.8 Å². The number of anilines is 1. The summed E-state index contributed by atoms with van der Waals surface area (Å²) in [5.74, 6) is 0. The molecule has 22 heavy (non-hydrogen) atoms. The summed E-state index contributed by atoms with van der Waals surface area (Å²) in [7, 11) is 0. The van der Waals surface area contributed by atoms with Gasteiger partial charge in [0.2, 0.25) is 0 Å². The second-order valence-electron chi connectivity index (χ2n) is 5.75. The van der Waals surface area contributed by atoms with Crippen LogP contribution in [0.25, 0.3) is 10.8 Å². The van der Waals surface area contributed by atoms with Crippen molar-refractivity contribution in [2.75, 3.05) is 11.4 Å². The molecule has 1 atom stereocenters. The molecule has 0 saturated heterocycles. The van der Waals surface area contributed by atoms with Crippen LogP contribution in [0, 0.1) is 0 Å². The fourth-order valence-corrected chi connectivity index (χ4v) is 3.39. The van der Waals surface area contributed by atoms with Crippen LogP contribution in [0.3, 0.4) is 0 Å². The van der Waals surface area contributed by atoms with Crippen LogP contribution in [0.1, 0.15) is 17.2 Å². The second-order valence-corrected chi connectivity index (χ2v) is 5.75. The fourth-order valence-electron chi connectivity index (χ4n) is 3.39. The number of nitrogens with zero attached hydrogens (tertiary/aromatic N) is 1. The molecule has 0 aliphatic carbocycles. The average molecular weight is 287 g/mol. The Kier molecular flexibility index (Phi) is 3.15. The number of carbonyl (C=O) groups excluding carboxylic acids is 1. The largest absolute Gasteiger partial charge is 0.357 e. The highest BCUT2D eigenvalue weighted by Gasteiger charge is 2.26. The van der Waals surface area contributed by atoms with E-state index >= 15 is 0 Å². The van der Waals surface area contributed by atoms with Crippen molar-refractivity contribution in [3.8, 4) is 0 Å². The standard InChI is InChI=1S/C20H17NO/c22-14-20-19-8-4-3-6-16(19)11-12-21(20)18-10-9-15-5-1-2-7-17(15)13-18/h1-10,13-14,20H,11-12H2. The van der Waals surface area contributed by atoms with Crippen molar-refractivity contribution in [2.24, 2.45) is 0 Å². The van der Waals surface area contributed by atoms with Crippen molar-refractivity contribution in [2.45, 2.75) is 12.5 Å². The Morgan fingerprint density at radius 1 is 0.909 bits per heavy atom. The van der Waals surface area contributed by atoms with Crippen molar-refractivity contribution < 1.29 is 4.79 Å². The van der Waals surface area contributed by atoms with Gasteiger partial charge in [0.05, 0.1) is 0 Å². The van der Waals surface area contributed by atoms with Gasteiger partial charge < -0.3 is 9.69 Å². The third-order valence-electron chi connectivity index (χ3n) is 4.53. The van der Waals surface area contributed by atoms with Crippen LogP contribution in [-0.2, 0) is 11.2 Å². The first-order valence-electron chi connectivity index (χ1n) is 7.65. The molecule has 2 nitrogen and oxygen atoms in total. The quantitative estimate of drug-likeness (QED) is 0.660. The van der Waals surface area contributed by atoms with Gasteiger partial charge in [0, 0.05) is 12.2 Å². The van der Waals surface area contributed by atoms with E-state index in [1.807, 2.05) is 18.2 Å². The molecular formula is C20H17NO. The number of carbonyl (C=O) groups is 1. The zero-order chi connectivity index (χ0) is 14.9. The Hall–Kier alpha value is -2.61. The molecule has 0 bridgehead atoms. The number of fused-ring (bicyclic) bond motifs is 2. The molecule has 0 fully saturated rings. The van der Waals surface area contributed by atoms with Gasteiger partial charge in [0.1, 0.15) is 12.3 Å². The van der Waals surface area contributed by atoms with Crippen LogP contribution in [0.2, 0.25) is 0 Å². The van der Waals surface area contributed by atoms with E-state index in [0.29, 0.717) is 0 Å². The van der Waals surface area contributed by atoms with Crippen molar-refractivity contribution in [3.63, 3.8) is 0 Å². The minimum absolute atomic E-state index is 0.189. The maximum absolute atomic E-state index is 11.7. The van der Waals surface area contributed by atoms with Gasteiger partial charge in [-0.3, -0.25) is 0 Å². The van der Waals surface area contributed by atoms with E-state index in [9.17, 15) is 4.79 Å². The number of rotatable bonds is 2. The van der Waals surface area contributed by atoms with Gasteiger partial charge in [-0.2, -0.15) is 0 Å². The van der Waals surface area contributed by atoms with Crippen LogP contribution >= 0.6 is 0 Å². The number of hydrogen-bond donors (Lipinski definition) is 0. The zero-order valence-electron chi connectivity index (χ0n) is 12.3. The lowest BCUT2D eigenvalue weighted by Crippen LogP contribution is -2.36. The molecule has 2 heteroatoms. The molecule has 0 N–H and O–H groups in total. The second kappa shape index (κ2) is 5.30. The van der Waals surface area contributed by atoms with E-state index in [4.69, 9.17) is 0 Å². The lowest BCUT2D eigenvalue weighted by atomic mass is 9.92. The SMILES string of the molecule is O=CC1c2ccccc2CCN1c1ccc2ccccc2c1. The highest BCUT2D eigenvalue weighted by atomic mass is 16.1. The van der Waals surface area contributed by atoms with Gasteiger partial charge in [0.15, 0.2) is 0 Å². The first kappa shape index (κ1) is 13.1. The van der Waals surface area contributed by atoms with Crippen LogP contribution in [0.4, 0.5) is 5.69 Å². The van der Waals surface area contributed by atoms with E-state index < -0.39 is 0 Å². The van der Waals surface area contributed by atoms with Crippen LogP contribution in [0.5, 0.6) is 0 Å². The highest BCUT2D eigenvalue weighted by Crippen LogP contribution is 2.33. The average Bonchev–Trinajstić information content (AvgIpc) is 2.60. The molecule has 4 rings (SSSR count). The Labute approximate surface area is 130 Å². The summed E-state index contributed by atoms with van der Waals surface area (Å²) in [5, 5.41) is 2.44. The van der Waals surface area contributed by atoms with Crippen molar-refractivity contribution >= 4 is 22.7 Å². The first-order valence-corrected chi connectivity index (χ1v) is 7.65. The summed E-state index contributed by atoms with van der Waals surface area (Å²) < 4.78 is 0. The molecule has 0 radical (unpaired) electrons. The van der Waals surface area contributed by atoms with Gasteiger partial charge >= 0.3 is 0 Å². The van der Waals surface area contributed by atoms with Crippen LogP contribution < -0.4 is 4.90 Å². The number of aldehydes is 1. The Morgan fingerprint density at radius 3 is 2.55 bits per heavy atom. The zero-order valence-corrected chi connectivity index (χ0v) is 12.3. The Balaban J connectivity index is 1.79. The maximum atomic E-state index is 11.7. The molecule has 0 aromatic heterocycles. The molecule has 3 aromatic rings. The third kappa shape index (κ3) is 2.08. The third-order valence-corrected chi connectivity index (χ3v) is 4.53. The predicted octanol–water partition coefficient (Wildman–Crippen LogP) is 4.14. The number of hydrogen-bond acceptors (Lipinski definition) is 2. The first-order chi connectivity index (χ1) is 10.9. The van der Waals surface area contributed by atoms with Crippen molar-refractivity contribution in [1.29, 1.82) is 0 Å². The van der Waals surface area contributed by atoms with Gasteiger partial charge in [-0.15, -0.1) is 0 Å². The summed E-state index contributed by atoms with van der Waals surface area (Å²) in [6, 6.07) is 22.8. The monoisotopic (exact) mass is 287 g/mol. The van der Waals surface area contributed by atoms with E-state index in [-0.39, 0.29) is 6.04 Å². The van der Waals surface area contributed by atoms with E-state index in [1.54, 1.807) is 0 Å². The van der Waals surface area contributed by atoms with E-state index in [1.165, 1.54) is 16.3 Å². The van der Waals surface area contributed by atoms with Gasteiger partial charge in [-0.25, -0.2) is 0 Å². The summed E-state index contributed by atoms with van der Waals surface area (Å²) >= 11 is 0. The topological polar surface area (TPSA) is 20.3 Å². The molecule has 0 amide bonds. The van der Waals surface area contributed by atoms with Crippen molar-refractivity contribution in [1.82, 2.24) is 0 Å². The molecule has 1 aliphatic heterocycles. The molecule has 3 aromatic carbocycles. The Morgan fingerprint density at radius 2 is 1.68 bits per heavy atom. The minimum atomic E-state index is -0.189. The van der Waals surface area contributed by atoms with Gasteiger partial charge in [-0.05, 0) is 40.5 Å². The molecule has 1 aliphatic rings. The summed E-state index contributed by atoms with van der Waals surface area (Å²) in [5.41, 5.74) is 3.54. The minimum Gasteiger partial charge on any atom is -0.357 e. The van der Waals surface area contributed by atoms with Crippen LogP contribution in [0.15, 0.2) is 66.7 Å². The molecule has 1 unspecified atom stereocenters. The van der Waals surface area contributed by atoms with E-state index in [0.717, 1.165) is 30.5 Å². The summed E-state index contributed by atoms with van der Waals surface area (Å²) in [4.78, 5) is 13.9. The molecule has 1 heterocycles. The van der Waals surface area contributed by atoms with Crippen molar-refractivity contribution in [3.05, 3.63) is 77.9 Å². The molecular weight excluding hydrogens is 270 g/mol. The molecule has 108 valence electrons. The lowest BCUT2D eigenvalue weighted by molar-refractivity contribution is -0.109. The highest BCUT2D eigenvalue weighted by molar-refractivity contribution is 5.86. The predicted molar refractivity (Wildman–Crippen MR) is 90.2 cm³/mol. The molecule has 0 saturated carbocycles.